The number of benzene rings is 3. The summed E-state index contributed by atoms with van der Waals surface area (Å²) in [6.45, 7) is 0.841. The molecule has 0 aliphatic heterocycles. The molecule has 140 valence electrons. The van der Waals surface area contributed by atoms with E-state index < -0.39 is 0 Å². The number of methoxy groups -OCH3 is 1. The van der Waals surface area contributed by atoms with Crippen molar-refractivity contribution in [2.45, 2.75) is 13.0 Å². The molecule has 0 aliphatic rings. The number of fused-ring (bicyclic) bond motifs is 1. The van der Waals surface area contributed by atoms with Gasteiger partial charge < -0.3 is 9.30 Å². The number of hydrogen-bond donors (Lipinski definition) is 0. The summed E-state index contributed by atoms with van der Waals surface area (Å²) in [5.41, 5.74) is 5.01. The van der Waals surface area contributed by atoms with Crippen LogP contribution in [0.4, 0.5) is 0 Å². The van der Waals surface area contributed by atoms with Gasteiger partial charge in [0, 0.05) is 23.3 Å². The summed E-state index contributed by atoms with van der Waals surface area (Å²) < 4.78 is 7.15. The van der Waals surface area contributed by atoms with Crippen molar-refractivity contribution < 1.29 is 9.53 Å². The van der Waals surface area contributed by atoms with Gasteiger partial charge in [-0.3, -0.25) is 0 Å². The van der Waals surface area contributed by atoms with Crippen molar-refractivity contribution in [3.63, 3.8) is 0 Å². The fourth-order valence-electron chi connectivity index (χ4n) is 3.50. The lowest BCUT2D eigenvalue weighted by Crippen LogP contribution is -2.06. The van der Waals surface area contributed by atoms with Crippen LogP contribution < -0.4 is 0 Å². The van der Waals surface area contributed by atoms with Gasteiger partial charge in [0.1, 0.15) is 0 Å². The molecule has 1 heterocycles. The van der Waals surface area contributed by atoms with Gasteiger partial charge in [-0.15, -0.1) is 0 Å². The number of carbonyl (C=O) groups is 1. The zero-order valence-corrected chi connectivity index (χ0v) is 16.3. The first-order valence-electron chi connectivity index (χ1n) is 9.12. The van der Waals surface area contributed by atoms with Crippen LogP contribution in [0.1, 0.15) is 27.0 Å². The summed E-state index contributed by atoms with van der Waals surface area (Å²) in [6.07, 6.45) is 2.75. The quantitative estimate of drug-likeness (QED) is 0.409. The van der Waals surface area contributed by atoms with Crippen molar-refractivity contribution in [3.8, 4) is 0 Å². The molecular formula is C24H20ClNO2. The van der Waals surface area contributed by atoms with E-state index >= 15 is 0 Å². The highest BCUT2D eigenvalue weighted by Gasteiger charge is 2.13. The van der Waals surface area contributed by atoms with Crippen molar-refractivity contribution >= 4 is 28.5 Å². The molecule has 0 amide bonds. The van der Waals surface area contributed by atoms with Crippen molar-refractivity contribution in [2.24, 2.45) is 0 Å². The number of nitrogens with zero attached hydrogens (tertiary/aromatic N) is 1. The third-order valence-corrected chi connectivity index (χ3v) is 5.14. The van der Waals surface area contributed by atoms with Crippen LogP contribution >= 0.6 is 11.6 Å². The molecule has 0 atom stereocenters. The van der Waals surface area contributed by atoms with Crippen LogP contribution in [0, 0.1) is 0 Å². The summed E-state index contributed by atoms with van der Waals surface area (Å²) in [5.74, 6) is -0.368. The lowest BCUT2D eigenvalue weighted by molar-refractivity contribution is 0.0599. The minimum atomic E-state index is -0.368. The lowest BCUT2D eigenvalue weighted by Gasteiger charge is -2.10. The number of aromatic nitrogens is 1. The maximum absolute atomic E-state index is 12.1. The molecule has 0 radical (unpaired) electrons. The van der Waals surface area contributed by atoms with Crippen LogP contribution in [0.2, 0.25) is 5.02 Å². The molecule has 3 aromatic carbocycles. The van der Waals surface area contributed by atoms with Gasteiger partial charge >= 0.3 is 5.97 Å². The van der Waals surface area contributed by atoms with Crippen molar-refractivity contribution in [2.75, 3.05) is 7.11 Å². The molecule has 0 bridgehead atoms. The highest BCUT2D eigenvalue weighted by Crippen LogP contribution is 2.24. The number of carbonyl (C=O) groups excluding carboxylic acids is 1. The summed E-state index contributed by atoms with van der Waals surface area (Å²) in [7, 11) is 1.38. The van der Waals surface area contributed by atoms with E-state index in [4.69, 9.17) is 16.3 Å². The Labute approximate surface area is 169 Å². The Kier molecular flexibility index (Phi) is 5.18. The van der Waals surface area contributed by atoms with E-state index in [9.17, 15) is 4.79 Å². The molecule has 0 N–H and O–H groups in total. The Morgan fingerprint density at radius 1 is 0.964 bits per heavy atom. The van der Waals surface area contributed by atoms with E-state index in [1.54, 1.807) is 12.1 Å². The predicted octanol–water partition coefficient (Wildman–Crippen LogP) is 5.72. The van der Waals surface area contributed by atoms with Gasteiger partial charge in [0.25, 0.3) is 0 Å². The number of ether oxygens (including phenoxy) is 1. The van der Waals surface area contributed by atoms with Crippen molar-refractivity contribution in [1.29, 1.82) is 0 Å². The Balaban J connectivity index is 1.62. The van der Waals surface area contributed by atoms with Crippen LogP contribution in [-0.4, -0.2) is 17.6 Å². The summed E-state index contributed by atoms with van der Waals surface area (Å²) in [4.78, 5) is 12.1. The number of rotatable bonds is 5. The minimum Gasteiger partial charge on any atom is -0.465 e. The van der Waals surface area contributed by atoms with Crippen LogP contribution in [0.3, 0.4) is 0 Å². The number of esters is 1. The average Bonchev–Trinajstić information content (AvgIpc) is 3.11. The SMILES string of the molecule is COC(=O)c1cc(Cl)ccc1Cc1ccc2c(ccn2Cc2ccccc2)c1. The van der Waals surface area contributed by atoms with E-state index in [2.05, 4.69) is 59.3 Å². The Morgan fingerprint density at radius 2 is 1.79 bits per heavy atom. The second-order valence-electron chi connectivity index (χ2n) is 6.79. The van der Waals surface area contributed by atoms with E-state index in [1.165, 1.54) is 23.6 Å². The zero-order valence-electron chi connectivity index (χ0n) is 15.6. The highest BCUT2D eigenvalue weighted by molar-refractivity contribution is 6.31. The summed E-state index contributed by atoms with van der Waals surface area (Å²) in [5, 5.41) is 1.71. The first kappa shape index (κ1) is 18.3. The van der Waals surface area contributed by atoms with Crippen LogP contribution in [0.25, 0.3) is 10.9 Å². The van der Waals surface area contributed by atoms with Crippen molar-refractivity contribution in [3.05, 3.63) is 106 Å². The first-order valence-corrected chi connectivity index (χ1v) is 9.50. The smallest absolute Gasteiger partial charge is 0.338 e. The van der Waals surface area contributed by atoms with Crippen LogP contribution in [0.5, 0.6) is 0 Å². The maximum Gasteiger partial charge on any atom is 0.338 e. The molecular weight excluding hydrogens is 370 g/mol. The summed E-state index contributed by atoms with van der Waals surface area (Å²) in [6, 6.07) is 24.3. The normalized spacial score (nSPS) is 10.9. The fraction of sp³-hybridized carbons (Fsp3) is 0.125. The average molecular weight is 390 g/mol. The molecule has 1 aromatic heterocycles. The monoisotopic (exact) mass is 389 g/mol. The first-order chi connectivity index (χ1) is 13.6. The third-order valence-electron chi connectivity index (χ3n) is 4.90. The molecule has 3 nitrogen and oxygen atoms in total. The Morgan fingerprint density at radius 3 is 2.57 bits per heavy atom. The molecule has 4 rings (SSSR count). The lowest BCUT2D eigenvalue weighted by atomic mass is 9.99. The second-order valence-corrected chi connectivity index (χ2v) is 7.23. The van der Waals surface area contributed by atoms with E-state index in [-0.39, 0.29) is 5.97 Å². The third kappa shape index (κ3) is 3.80. The molecule has 4 heteroatoms. The number of halogens is 1. The van der Waals surface area contributed by atoms with Gasteiger partial charge in [-0.05, 0) is 58.8 Å². The number of hydrogen-bond acceptors (Lipinski definition) is 2. The maximum atomic E-state index is 12.1. The molecule has 0 spiro atoms. The van der Waals surface area contributed by atoms with Gasteiger partial charge in [0.2, 0.25) is 0 Å². The molecule has 0 saturated carbocycles. The Bertz CT molecular complexity index is 1130. The minimum absolute atomic E-state index is 0.368. The molecule has 28 heavy (non-hydrogen) atoms. The van der Waals surface area contributed by atoms with Crippen LogP contribution in [0.15, 0.2) is 79.0 Å². The molecule has 0 aliphatic carbocycles. The molecule has 4 aromatic rings. The van der Waals surface area contributed by atoms with Crippen molar-refractivity contribution in [1.82, 2.24) is 4.57 Å². The topological polar surface area (TPSA) is 31.2 Å². The van der Waals surface area contributed by atoms with E-state index in [0.717, 1.165) is 17.7 Å². The van der Waals surface area contributed by atoms with E-state index in [1.807, 2.05) is 12.1 Å². The predicted molar refractivity (Wildman–Crippen MR) is 113 cm³/mol. The van der Waals surface area contributed by atoms with Gasteiger partial charge in [0.15, 0.2) is 0 Å². The van der Waals surface area contributed by atoms with Gasteiger partial charge in [0.05, 0.1) is 12.7 Å². The highest BCUT2D eigenvalue weighted by atomic mass is 35.5. The van der Waals surface area contributed by atoms with E-state index in [0.29, 0.717) is 17.0 Å². The molecule has 0 saturated heterocycles. The largest absolute Gasteiger partial charge is 0.465 e. The Hall–Kier alpha value is -3.04. The van der Waals surface area contributed by atoms with Crippen LogP contribution in [-0.2, 0) is 17.7 Å². The zero-order chi connectivity index (χ0) is 19.5. The molecule has 0 fully saturated rings. The standard InChI is InChI=1S/C24H20ClNO2/c1-28-24(27)22-15-21(25)9-8-19(22)13-18-7-10-23-20(14-18)11-12-26(23)16-17-5-3-2-4-6-17/h2-12,14-15H,13,16H2,1H3. The molecule has 0 unspecified atom stereocenters. The van der Waals surface area contributed by atoms with Gasteiger partial charge in [-0.2, -0.15) is 0 Å². The van der Waals surface area contributed by atoms with Gasteiger partial charge in [-0.25, -0.2) is 4.79 Å². The van der Waals surface area contributed by atoms with Gasteiger partial charge in [-0.1, -0.05) is 54.1 Å². The second kappa shape index (κ2) is 7.91. The summed E-state index contributed by atoms with van der Waals surface area (Å²) >= 11 is 6.06. The fourth-order valence-corrected chi connectivity index (χ4v) is 3.67.